The number of ether oxygens (including phenoxy) is 3. The van der Waals surface area contributed by atoms with Crippen molar-refractivity contribution in [3.63, 3.8) is 0 Å². The van der Waals surface area contributed by atoms with Gasteiger partial charge >= 0.3 is 5.97 Å². The van der Waals surface area contributed by atoms with Gasteiger partial charge in [0.05, 0.1) is 7.11 Å². The number of aryl methyl sites for hydroxylation is 2. The Labute approximate surface area is 159 Å². The van der Waals surface area contributed by atoms with Gasteiger partial charge in [0, 0.05) is 6.54 Å². The molecule has 0 aliphatic heterocycles. The molecule has 0 aliphatic rings. The van der Waals surface area contributed by atoms with Gasteiger partial charge in [0.1, 0.15) is 11.5 Å². The molecular formula is C21H25NO5. The zero-order valence-corrected chi connectivity index (χ0v) is 16.1. The predicted octanol–water partition coefficient (Wildman–Crippen LogP) is 2.94. The fraction of sp³-hybridized carbons (Fsp3) is 0.333. The average Bonchev–Trinajstić information content (AvgIpc) is 2.65. The van der Waals surface area contributed by atoms with Gasteiger partial charge in [-0.15, -0.1) is 0 Å². The van der Waals surface area contributed by atoms with E-state index in [-0.39, 0.29) is 12.5 Å². The van der Waals surface area contributed by atoms with Crippen molar-refractivity contribution in [2.45, 2.75) is 33.4 Å². The number of carbonyl (C=O) groups excluding carboxylic acids is 2. The lowest BCUT2D eigenvalue weighted by Gasteiger charge is -2.14. The Kier molecular flexibility index (Phi) is 7.23. The van der Waals surface area contributed by atoms with Crippen molar-refractivity contribution in [3.8, 4) is 11.5 Å². The minimum absolute atomic E-state index is 0.250. The summed E-state index contributed by atoms with van der Waals surface area (Å²) < 4.78 is 15.7. The van der Waals surface area contributed by atoms with Gasteiger partial charge in [-0.05, 0) is 50.1 Å². The molecule has 0 heterocycles. The summed E-state index contributed by atoms with van der Waals surface area (Å²) in [5.41, 5.74) is 2.97. The van der Waals surface area contributed by atoms with Gasteiger partial charge in [0.25, 0.3) is 5.91 Å². The fourth-order valence-corrected chi connectivity index (χ4v) is 2.46. The van der Waals surface area contributed by atoms with Crippen LogP contribution in [0.3, 0.4) is 0 Å². The monoisotopic (exact) mass is 371 g/mol. The summed E-state index contributed by atoms with van der Waals surface area (Å²) in [6, 6.07) is 13.0. The summed E-state index contributed by atoms with van der Waals surface area (Å²) >= 11 is 0. The zero-order chi connectivity index (χ0) is 19.8. The summed E-state index contributed by atoms with van der Waals surface area (Å²) in [6.45, 7) is 5.50. The third-order valence-corrected chi connectivity index (χ3v) is 3.98. The molecule has 2 aromatic carbocycles. The van der Waals surface area contributed by atoms with E-state index in [1.807, 2.05) is 56.3 Å². The zero-order valence-electron chi connectivity index (χ0n) is 16.1. The second-order valence-corrected chi connectivity index (χ2v) is 6.26. The number of esters is 1. The molecule has 1 atom stereocenters. The van der Waals surface area contributed by atoms with Crippen molar-refractivity contribution in [3.05, 3.63) is 59.2 Å². The van der Waals surface area contributed by atoms with Crippen LogP contribution in [0.1, 0.15) is 23.6 Å². The number of rotatable bonds is 8. The normalized spacial score (nSPS) is 11.4. The molecule has 0 saturated carbocycles. The molecule has 144 valence electrons. The highest BCUT2D eigenvalue weighted by Crippen LogP contribution is 2.18. The molecule has 0 aromatic heterocycles. The largest absolute Gasteiger partial charge is 0.497 e. The Hall–Kier alpha value is -3.02. The molecule has 6 heteroatoms. The van der Waals surface area contributed by atoms with Crippen molar-refractivity contribution in [2.75, 3.05) is 13.7 Å². The van der Waals surface area contributed by atoms with E-state index in [9.17, 15) is 9.59 Å². The van der Waals surface area contributed by atoms with Gasteiger partial charge in [-0.2, -0.15) is 0 Å². The molecule has 0 saturated heterocycles. The van der Waals surface area contributed by atoms with Crippen LogP contribution in [0.4, 0.5) is 0 Å². The van der Waals surface area contributed by atoms with Gasteiger partial charge in [0.15, 0.2) is 12.7 Å². The summed E-state index contributed by atoms with van der Waals surface area (Å²) in [6.07, 6.45) is -0.904. The molecule has 0 fully saturated rings. The molecule has 0 aliphatic carbocycles. The van der Waals surface area contributed by atoms with Crippen molar-refractivity contribution < 1.29 is 23.8 Å². The standard InChI is InChI=1S/C21H25NO5/c1-14-5-10-19(15(2)11-14)26-13-20(23)27-16(3)21(24)22-12-17-6-8-18(25-4)9-7-17/h5-11,16H,12-13H2,1-4H3,(H,22,24)/t16-/m0/s1. The Morgan fingerprint density at radius 2 is 1.78 bits per heavy atom. The molecule has 2 rings (SSSR count). The number of hydrogen-bond donors (Lipinski definition) is 1. The van der Waals surface area contributed by atoms with Gasteiger partial charge in [-0.1, -0.05) is 29.8 Å². The van der Waals surface area contributed by atoms with Crippen LogP contribution in [0.5, 0.6) is 11.5 Å². The Morgan fingerprint density at radius 1 is 1.07 bits per heavy atom. The summed E-state index contributed by atoms with van der Waals surface area (Å²) in [5.74, 6) is 0.401. The van der Waals surface area contributed by atoms with Gasteiger partial charge < -0.3 is 19.5 Å². The van der Waals surface area contributed by atoms with Crippen LogP contribution in [0.15, 0.2) is 42.5 Å². The van der Waals surface area contributed by atoms with Crippen LogP contribution in [-0.4, -0.2) is 31.7 Å². The number of hydrogen-bond acceptors (Lipinski definition) is 5. The van der Waals surface area contributed by atoms with Crippen molar-refractivity contribution in [1.29, 1.82) is 0 Å². The third-order valence-electron chi connectivity index (χ3n) is 3.98. The Bertz CT molecular complexity index is 786. The molecule has 0 bridgehead atoms. The van der Waals surface area contributed by atoms with E-state index in [0.717, 1.165) is 22.4 Å². The van der Waals surface area contributed by atoms with Gasteiger partial charge in [-0.3, -0.25) is 4.79 Å². The molecule has 2 aromatic rings. The van der Waals surface area contributed by atoms with Crippen LogP contribution >= 0.6 is 0 Å². The van der Waals surface area contributed by atoms with E-state index in [1.165, 1.54) is 6.92 Å². The van der Waals surface area contributed by atoms with Crippen molar-refractivity contribution in [1.82, 2.24) is 5.32 Å². The Morgan fingerprint density at radius 3 is 2.41 bits per heavy atom. The quantitative estimate of drug-likeness (QED) is 0.722. The first-order chi connectivity index (χ1) is 12.9. The van der Waals surface area contributed by atoms with Gasteiger partial charge in [-0.25, -0.2) is 4.79 Å². The highest BCUT2D eigenvalue weighted by atomic mass is 16.6. The summed E-state index contributed by atoms with van der Waals surface area (Å²) in [7, 11) is 1.59. The van der Waals surface area contributed by atoms with Gasteiger partial charge in [0.2, 0.25) is 0 Å². The molecule has 1 amide bonds. The van der Waals surface area contributed by atoms with Crippen molar-refractivity contribution >= 4 is 11.9 Å². The molecule has 6 nitrogen and oxygen atoms in total. The van der Waals surface area contributed by atoms with Crippen LogP contribution < -0.4 is 14.8 Å². The fourth-order valence-electron chi connectivity index (χ4n) is 2.46. The number of amides is 1. The number of benzene rings is 2. The van der Waals surface area contributed by atoms with Crippen LogP contribution in [0.25, 0.3) is 0 Å². The molecule has 1 N–H and O–H groups in total. The summed E-state index contributed by atoms with van der Waals surface area (Å²) in [5, 5.41) is 2.73. The van der Waals surface area contributed by atoms with Crippen molar-refractivity contribution in [2.24, 2.45) is 0 Å². The third kappa shape index (κ3) is 6.33. The van der Waals surface area contributed by atoms with Crippen LogP contribution in [0.2, 0.25) is 0 Å². The second-order valence-electron chi connectivity index (χ2n) is 6.26. The highest BCUT2D eigenvalue weighted by molar-refractivity contribution is 5.83. The van der Waals surface area contributed by atoms with E-state index in [1.54, 1.807) is 7.11 Å². The summed E-state index contributed by atoms with van der Waals surface area (Å²) in [4.78, 5) is 24.0. The minimum Gasteiger partial charge on any atom is -0.497 e. The first-order valence-corrected chi connectivity index (χ1v) is 8.69. The van der Waals surface area contributed by atoms with E-state index in [2.05, 4.69) is 5.32 Å². The highest BCUT2D eigenvalue weighted by Gasteiger charge is 2.18. The minimum atomic E-state index is -0.904. The first-order valence-electron chi connectivity index (χ1n) is 8.69. The Balaban J connectivity index is 1.76. The molecule has 0 spiro atoms. The topological polar surface area (TPSA) is 73.9 Å². The second kappa shape index (κ2) is 9.62. The van der Waals surface area contributed by atoms with Crippen LogP contribution in [-0.2, 0) is 20.9 Å². The molecular weight excluding hydrogens is 346 g/mol. The lowest BCUT2D eigenvalue weighted by Crippen LogP contribution is -2.36. The lowest BCUT2D eigenvalue weighted by atomic mass is 10.1. The maximum Gasteiger partial charge on any atom is 0.344 e. The average molecular weight is 371 g/mol. The number of nitrogens with one attached hydrogen (secondary N) is 1. The molecule has 0 radical (unpaired) electrons. The lowest BCUT2D eigenvalue weighted by molar-refractivity contribution is -0.156. The smallest absolute Gasteiger partial charge is 0.344 e. The number of methoxy groups -OCH3 is 1. The van der Waals surface area contributed by atoms with E-state index < -0.39 is 12.1 Å². The first kappa shape index (κ1) is 20.3. The number of carbonyl (C=O) groups is 2. The SMILES string of the molecule is COc1ccc(CNC(=O)[C@H](C)OC(=O)COc2ccc(C)cc2C)cc1. The van der Waals surface area contributed by atoms with E-state index in [4.69, 9.17) is 14.2 Å². The maximum absolute atomic E-state index is 12.1. The maximum atomic E-state index is 12.1. The van der Waals surface area contributed by atoms with Crippen LogP contribution in [0, 0.1) is 13.8 Å². The predicted molar refractivity (Wildman–Crippen MR) is 102 cm³/mol. The van der Waals surface area contributed by atoms with E-state index >= 15 is 0 Å². The molecule has 27 heavy (non-hydrogen) atoms. The molecule has 0 unspecified atom stereocenters. The van der Waals surface area contributed by atoms with E-state index in [0.29, 0.717) is 12.3 Å².